The number of benzene rings is 1. The molecule has 5 nitrogen and oxygen atoms in total. The number of amides is 1. The minimum atomic E-state index is -1.09. The second kappa shape index (κ2) is 6.10. The number of hydrogen-bond acceptors (Lipinski definition) is 3. The first kappa shape index (κ1) is 13.9. The van der Waals surface area contributed by atoms with Gasteiger partial charge in [0.15, 0.2) is 0 Å². The number of carboxylic acids is 1. The molecule has 0 bridgehead atoms. The van der Waals surface area contributed by atoms with Crippen molar-refractivity contribution in [1.82, 2.24) is 10.3 Å². The Kier molecular flexibility index (Phi) is 4.24. The van der Waals surface area contributed by atoms with Crippen LogP contribution < -0.4 is 5.32 Å². The quantitative estimate of drug-likeness (QED) is 0.867. The van der Waals surface area contributed by atoms with E-state index < -0.39 is 12.5 Å². The molecule has 0 aliphatic rings. The van der Waals surface area contributed by atoms with Crippen molar-refractivity contribution in [3.8, 4) is 0 Å². The summed E-state index contributed by atoms with van der Waals surface area (Å²) < 4.78 is 13.1. The van der Waals surface area contributed by atoms with Gasteiger partial charge in [-0.15, -0.1) is 0 Å². The average molecular weight is 276 g/mol. The van der Waals surface area contributed by atoms with Crippen LogP contribution in [0.4, 0.5) is 4.39 Å². The molecule has 104 valence electrons. The zero-order valence-electron chi connectivity index (χ0n) is 10.6. The molecule has 0 saturated heterocycles. The van der Waals surface area contributed by atoms with Gasteiger partial charge in [0.2, 0.25) is 5.91 Å². The number of carboxylic acid groups (broad SMARTS) is 1. The Morgan fingerprint density at radius 3 is 2.75 bits per heavy atom. The SMILES string of the molecule is O=C(O)CNC(=O)CCc1ccc2ccc(F)cc2n1. The van der Waals surface area contributed by atoms with Crippen molar-refractivity contribution in [3.63, 3.8) is 0 Å². The van der Waals surface area contributed by atoms with E-state index in [4.69, 9.17) is 5.11 Å². The van der Waals surface area contributed by atoms with Crippen LogP contribution >= 0.6 is 0 Å². The van der Waals surface area contributed by atoms with E-state index in [1.165, 1.54) is 12.1 Å². The van der Waals surface area contributed by atoms with E-state index in [2.05, 4.69) is 10.3 Å². The van der Waals surface area contributed by atoms with Crippen LogP contribution in [0.15, 0.2) is 30.3 Å². The molecule has 1 amide bonds. The summed E-state index contributed by atoms with van der Waals surface area (Å²) in [6.45, 7) is -0.394. The molecule has 2 aromatic rings. The Morgan fingerprint density at radius 1 is 1.25 bits per heavy atom. The van der Waals surface area contributed by atoms with E-state index in [0.29, 0.717) is 17.6 Å². The molecule has 1 aromatic carbocycles. The lowest BCUT2D eigenvalue weighted by molar-refractivity contribution is -0.137. The second-order valence-corrected chi connectivity index (χ2v) is 4.31. The minimum Gasteiger partial charge on any atom is -0.480 e. The predicted octanol–water partition coefficient (Wildman–Crippen LogP) is 1.51. The van der Waals surface area contributed by atoms with Crippen LogP contribution in [0.3, 0.4) is 0 Å². The van der Waals surface area contributed by atoms with Gasteiger partial charge >= 0.3 is 5.97 Å². The molecule has 0 fully saturated rings. The Bertz CT molecular complexity index is 658. The number of carbonyl (C=O) groups is 2. The van der Waals surface area contributed by atoms with E-state index in [9.17, 15) is 14.0 Å². The van der Waals surface area contributed by atoms with Gasteiger partial charge in [-0.3, -0.25) is 14.6 Å². The largest absolute Gasteiger partial charge is 0.480 e. The monoisotopic (exact) mass is 276 g/mol. The highest BCUT2D eigenvalue weighted by atomic mass is 19.1. The molecule has 0 unspecified atom stereocenters. The Balaban J connectivity index is 1.99. The topological polar surface area (TPSA) is 79.3 Å². The van der Waals surface area contributed by atoms with E-state index in [1.807, 2.05) is 6.07 Å². The van der Waals surface area contributed by atoms with E-state index in [-0.39, 0.29) is 18.1 Å². The van der Waals surface area contributed by atoms with Gasteiger partial charge in [0.25, 0.3) is 0 Å². The third-order valence-electron chi connectivity index (χ3n) is 2.76. The Hall–Kier alpha value is -2.50. The van der Waals surface area contributed by atoms with Crippen molar-refractivity contribution < 1.29 is 19.1 Å². The van der Waals surface area contributed by atoms with Gasteiger partial charge in [-0.05, 0) is 24.6 Å². The first-order valence-corrected chi connectivity index (χ1v) is 6.08. The molecule has 0 atom stereocenters. The summed E-state index contributed by atoms with van der Waals surface area (Å²) >= 11 is 0. The fourth-order valence-corrected chi connectivity index (χ4v) is 1.78. The summed E-state index contributed by atoms with van der Waals surface area (Å²) in [4.78, 5) is 25.9. The van der Waals surface area contributed by atoms with Gasteiger partial charge in [-0.25, -0.2) is 4.39 Å². The molecule has 1 heterocycles. The number of aromatic nitrogens is 1. The highest BCUT2D eigenvalue weighted by molar-refractivity contribution is 5.81. The van der Waals surface area contributed by atoms with Crippen molar-refractivity contribution in [2.75, 3.05) is 6.54 Å². The molecular formula is C14H13FN2O3. The second-order valence-electron chi connectivity index (χ2n) is 4.31. The number of nitrogens with zero attached hydrogens (tertiary/aromatic N) is 1. The van der Waals surface area contributed by atoms with Crippen LogP contribution in [-0.4, -0.2) is 28.5 Å². The van der Waals surface area contributed by atoms with Crippen LogP contribution in [0.5, 0.6) is 0 Å². The maximum absolute atomic E-state index is 13.1. The van der Waals surface area contributed by atoms with Crippen molar-refractivity contribution in [3.05, 3.63) is 41.8 Å². The molecule has 1 aromatic heterocycles. The number of aliphatic carboxylic acids is 1. The van der Waals surface area contributed by atoms with E-state index >= 15 is 0 Å². The smallest absolute Gasteiger partial charge is 0.322 e. The van der Waals surface area contributed by atoms with Gasteiger partial charge in [0.1, 0.15) is 12.4 Å². The predicted molar refractivity (Wildman–Crippen MR) is 70.7 cm³/mol. The summed E-state index contributed by atoms with van der Waals surface area (Å²) in [5.74, 6) is -1.80. The fourth-order valence-electron chi connectivity index (χ4n) is 1.78. The van der Waals surface area contributed by atoms with Crippen LogP contribution in [0, 0.1) is 5.82 Å². The third kappa shape index (κ3) is 3.74. The number of aryl methyl sites for hydroxylation is 1. The molecule has 2 N–H and O–H groups in total. The average Bonchev–Trinajstić information content (AvgIpc) is 2.42. The van der Waals surface area contributed by atoms with Crippen molar-refractivity contribution in [1.29, 1.82) is 0 Å². The number of carbonyl (C=O) groups excluding carboxylic acids is 1. The summed E-state index contributed by atoms with van der Waals surface area (Å²) in [6.07, 6.45) is 0.513. The maximum Gasteiger partial charge on any atom is 0.322 e. The lowest BCUT2D eigenvalue weighted by Crippen LogP contribution is -2.29. The highest BCUT2D eigenvalue weighted by Gasteiger charge is 2.06. The van der Waals surface area contributed by atoms with Gasteiger partial charge in [-0.2, -0.15) is 0 Å². The summed E-state index contributed by atoms with van der Waals surface area (Å²) in [5, 5.41) is 11.5. The molecule has 0 spiro atoms. The number of pyridine rings is 1. The van der Waals surface area contributed by atoms with Crippen LogP contribution in [0.2, 0.25) is 0 Å². The molecule has 2 rings (SSSR count). The van der Waals surface area contributed by atoms with E-state index in [1.54, 1.807) is 12.1 Å². The maximum atomic E-state index is 13.1. The lowest BCUT2D eigenvalue weighted by atomic mass is 10.1. The van der Waals surface area contributed by atoms with Crippen molar-refractivity contribution in [2.45, 2.75) is 12.8 Å². The molecule has 0 saturated carbocycles. The van der Waals surface area contributed by atoms with Gasteiger partial charge < -0.3 is 10.4 Å². The van der Waals surface area contributed by atoms with Crippen molar-refractivity contribution >= 4 is 22.8 Å². The highest BCUT2D eigenvalue weighted by Crippen LogP contribution is 2.14. The summed E-state index contributed by atoms with van der Waals surface area (Å²) in [6, 6.07) is 7.92. The molecular weight excluding hydrogens is 263 g/mol. The standard InChI is InChI=1S/C14H13FN2O3/c15-10-3-1-9-2-4-11(17-12(9)7-10)5-6-13(18)16-8-14(19)20/h1-4,7H,5-6,8H2,(H,16,18)(H,19,20). The fraction of sp³-hybridized carbons (Fsp3) is 0.214. The molecule has 0 radical (unpaired) electrons. The molecule has 0 aliphatic carbocycles. The first-order chi connectivity index (χ1) is 9.54. The Labute approximate surface area is 114 Å². The van der Waals surface area contributed by atoms with Gasteiger partial charge in [-0.1, -0.05) is 6.07 Å². The van der Waals surface area contributed by atoms with Crippen molar-refractivity contribution in [2.24, 2.45) is 0 Å². The van der Waals surface area contributed by atoms with E-state index in [0.717, 1.165) is 5.39 Å². The Morgan fingerprint density at radius 2 is 2.00 bits per heavy atom. The van der Waals surface area contributed by atoms with Gasteiger partial charge in [0.05, 0.1) is 5.52 Å². The van der Waals surface area contributed by atoms with Crippen LogP contribution in [0.1, 0.15) is 12.1 Å². The number of hydrogen-bond donors (Lipinski definition) is 2. The zero-order chi connectivity index (χ0) is 14.5. The first-order valence-electron chi connectivity index (χ1n) is 6.08. The third-order valence-corrected chi connectivity index (χ3v) is 2.76. The lowest BCUT2D eigenvalue weighted by Gasteiger charge is -2.04. The number of fused-ring (bicyclic) bond motifs is 1. The summed E-state index contributed by atoms with van der Waals surface area (Å²) in [7, 11) is 0. The van der Waals surface area contributed by atoms with Crippen LogP contribution in [0.25, 0.3) is 10.9 Å². The molecule has 20 heavy (non-hydrogen) atoms. The number of halogens is 1. The van der Waals surface area contributed by atoms with Gasteiger partial charge in [0, 0.05) is 23.6 Å². The zero-order valence-corrected chi connectivity index (χ0v) is 10.6. The summed E-state index contributed by atoms with van der Waals surface area (Å²) in [5.41, 5.74) is 1.20. The minimum absolute atomic E-state index is 0.140. The number of rotatable bonds is 5. The number of nitrogens with one attached hydrogen (secondary N) is 1. The molecule has 6 heteroatoms. The molecule has 0 aliphatic heterocycles. The normalized spacial score (nSPS) is 10.4. The van der Waals surface area contributed by atoms with Crippen LogP contribution in [-0.2, 0) is 16.0 Å².